The third-order valence-electron chi connectivity index (χ3n) is 4.46. The third-order valence-corrected chi connectivity index (χ3v) is 4.46. The second kappa shape index (κ2) is 4.47. The van der Waals surface area contributed by atoms with Crippen molar-refractivity contribution in [3.63, 3.8) is 0 Å². The van der Waals surface area contributed by atoms with Crippen molar-refractivity contribution in [3.8, 4) is 0 Å². The molecule has 106 valence electrons. The summed E-state index contributed by atoms with van der Waals surface area (Å²) in [6.45, 7) is 6.60. The molecule has 1 fully saturated rings. The molecule has 0 aromatic heterocycles. The van der Waals surface area contributed by atoms with E-state index in [1.807, 2.05) is 0 Å². The van der Waals surface area contributed by atoms with Crippen LogP contribution in [0.3, 0.4) is 0 Å². The minimum absolute atomic E-state index is 0.145. The van der Waals surface area contributed by atoms with Crippen LogP contribution in [0, 0.1) is 0 Å². The fraction of sp³-hybridized carbons (Fsp3) is 0.500. The van der Waals surface area contributed by atoms with Gasteiger partial charge in [-0.25, -0.2) is 0 Å². The van der Waals surface area contributed by atoms with Gasteiger partial charge in [0.25, 0.3) is 0 Å². The van der Waals surface area contributed by atoms with Gasteiger partial charge in [0.1, 0.15) is 5.76 Å². The molecule has 1 aromatic carbocycles. The van der Waals surface area contributed by atoms with E-state index < -0.39 is 5.60 Å². The maximum atomic E-state index is 12.2. The number of rotatable bonds is 1. The Morgan fingerprint density at radius 2 is 1.65 bits per heavy atom. The zero-order chi connectivity index (χ0) is 14.4. The van der Waals surface area contributed by atoms with Gasteiger partial charge < -0.3 is 4.74 Å². The van der Waals surface area contributed by atoms with Crippen molar-refractivity contribution in [3.05, 3.63) is 41.5 Å². The molecule has 1 spiro atoms. The minimum Gasteiger partial charge on any atom is -0.478 e. The first kappa shape index (κ1) is 13.4. The molecule has 1 heterocycles. The van der Waals surface area contributed by atoms with Crippen LogP contribution in [-0.2, 0) is 14.9 Å². The summed E-state index contributed by atoms with van der Waals surface area (Å²) in [5.41, 5.74) is 1.92. The standard InChI is InChI=1S/C18H22O2/c1-17(2,3)14-8-6-13(7-9-14)15-12-16(19)18(20-15)10-4-5-11-18/h6-9,12H,4-5,10-11H2,1-3H3. The third kappa shape index (κ3) is 2.17. The predicted molar refractivity (Wildman–Crippen MR) is 80.4 cm³/mol. The summed E-state index contributed by atoms with van der Waals surface area (Å²) >= 11 is 0. The number of ketones is 1. The van der Waals surface area contributed by atoms with Gasteiger partial charge in [-0.1, -0.05) is 45.0 Å². The van der Waals surface area contributed by atoms with Gasteiger partial charge in [0.15, 0.2) is 5.60 Å². The van der Waals surface area contributed by atoms with Gasteiger partial charge in [0.2, 0.25) is 5.78 Å². The molecule has 0 amide bonds. The van der Waals surface area contributed by atoms with Gasteiger partial charge in [-0.3, -0.25) is 4.79 Å². The largest absolute Gasteiger partial charge is 0.478 e. The van der Waals surface area contributed by atoms with Crippen molar-refractivity contribution in [1.82, 2.24) is 0 Å². The first-order valence-electron chi connectivity index (χ1n) is 7.47. The summed E-state index contributed by atoms with van der Waals surface area (Å²) < 4.78 is 6.05. The lowest BCUT2D eigenvalue weighted by Gasteiger charge is -2.23. The van der Waals surface area contributed by atoms with Gasteiger partial charge in [-0.2, -0.15) is 0 Å². The highest BCUT2D eigenvalue weighted by molar-refractivity contribution is 6.05. The van der Waals surface area contributed by atoms with Crippen molar-refractivity contribution >= 4 is 11.5 Å². The highest BCUT2D eigenvalue weighted by Crippen LogP contribution is 2.42. The molecular formula is C18H22O2. The molecular weight excluding hydrogens is 248 g/mol. The van der Waals surface area contributed by atoms with Crippen molar-refractivity contribution in [2.45, 2.75) is 57.5 Å². The van der Waals surface area contributed by atoms with Crippen LogP contribution in [0.25, 0.3) is 5.76 Å². The first-order valence-corrected chi connectivity index (χ1v) is 7.47. The Hall–Kier alpha value is -1.57. The Morgan fingerprint density at radius 3 is 2.20 bits per heavy atom. The fourth-order valence-corrected chi connectivity index (χ4v) is 3.11. The van der Waals surface area contributed by atoms with Gasteiger partial charge in [-0.05, 0) is 36.7 Å². The number of hydrogen-bond donors (Lipinski definition) is 0. The molecule has 0 atom stereocenters. The minimum atomic E-state index is -0.530. The first-order chi connectivity index (χ1) is 9.41. The SMILES string of the molecule is CC(C)(C)c1ccc(C2=CC(=O)C3(CCCC3)O2)cc1. The normalized spacial score (nSPS) is 21.1. The summed E-state index contributed by atoms with van der Waals surface area (Å²) in [6.07, 6.45) is 5.61. The topological polar surface area (TPSA) is 26.3 Å². The zero-order valence-electron chi connectivity index (χ0n) is 12.5. The quantitative estimate of drug-likeness (QED) is 0.763. The Kier molecular flexibility index (Phi) is 3.00. The lowest BCUT2D eigenvalue weighted by atomic mass is 9.86. The molecule has 1 aliphatic heterocycles. The Balaban J connectivity index is 1.84. The molecule has 0 radical (unpaired) electrons. The smallest absolute Gasteiger partial charge is 0.202 e. The second-order valence-corrected chi connectivity index (χ2v) is 7.00. The summed E-state index contributed by atoms with van der Waals surface area (Å²) in [6, 6.07) is 8.38. The van der Waals surface area contributed by atoms with Crippen LogP contribution in [-0.4, -0.2) is 11.4 Å². The van der Waals surface area contributed by atoms with Gasteiger partial charge in [0, 0.05) is 11.6 Å². The van der Waals surface area contributed by atoms with Crippen molar-refractivity contribution in [1.29, 1.82) is 0 Å². The summed E-state index contributed by atoms with van der Waals surface area (Å²) in [5.74, 6) is 0.905. The number of carbonyl (C=O) groups excluding carboxylic acids is 1. The van der Waals surface area contributed by atoms with E-state index in [2.05, 4.69) is 45.0 Å². The summed E-state index contributed by atoms with van der Waals surface area (Å²) in [7, 11) is 0. The molecule has 1 saturated carbocycles. The maximum absolute atomic E-state index is 12.2. The van der Waals surface area contributed by atoms with E-state index in [9.17, 15) is 4.79 Å². The molecule has 0 unspecified atom stereocenters. The van der Waals surface area contributed by atoms with E-state index in [0.717, 1.165) is 37.0 Å². The fourth-order valence-electron chi connectivity index (χ4n) is 3.11. The summed E-state index contributed by atoms with van der Waals surface area (Å²) in [4.78, 5) is 12.2. The van der Waals surface area contributed by atoms with Crippen LogP contribution in [0.1, 0.15) is 57.6 Å². The highest BCUT2D eigenvalue weighted by atomic mass is 16.5. The average Bonchev–Trinajstić information content (AvgIpc) is 2.98. The van der Waals surface area contributed by atoms with Crippen molar-refractivity contribution < 1.29 is 9.53 Å². The maximum Gasteiger partial charge on any atom is 0.202 e. The molecule has 0 bridgehead atoms. The van der Waals surface area contributed by atoms with Crippen LogP contribution in [0.4, 0.5) is 0 Å². The van der Waals surface area contributed by atoms with Crippen LogP contribution in [0.5, 0.6) is 0 Å². The highest BCUT2D eigenvalue weighted by Gasteiger charge is 2.46. The zero-order valence-corrected chi connectivity index (χ0v) is 12.5. The predicted octanol–water partition coefficient (Wildman–Crippen LogP) is 4.24. The Morgan fingerprint density at radius 1 is 1.05 bits per heavy atom. The van der Waals surface area contributed by atoms with Gasteiger partial charge >= 0.3 is 0 Å². The van der Waals surface area contributed by atoms with Crippen LogP contribution >= 0.6 is 0 Å². The molecule has 2 nitrogen and oxygen atoms in total. The van der Waals surface area contributed by atoms with E-state index in [0.29, 0.717) is 0 Å². The lowest BCUT2D eigenvalue weighted by Crippen LogP contribution is -2.32. The molecule has 1 aromatic rings. The molecule has 0 saturated heterocycles. The number of carbonyl (C=O) groups is 1. The summed E-state index contributed by atoms with van der Waals surface area (Å²) in [5, 5.41) is 0. The molecule has 20 heavy (non-hydrogen) atoms. The van der Waals surface area contributed by atoms with E-state index >= 15 is 0 Å². The van der Waals surface area contributed by atoms with E-state index in [1.54, 1.807) is 6.08 Å². The number of benzene rings is 1. The van der Waals surface area contributed by atoms with Crippen molar-refractivity contribution in [2.75, 3.05) is 0 Å². The molecule has 2 heteroatoms. The molecule has 1 aliphatic carbocycles. The Labute approximate surface area is 120 Å². The lowest BCUT2D eigenvalue weighted by molar-refractivity contribution is -0.128. The molecule has 2 aliphatic rings. The van der Waals surface area contributed by atoms with Crippen LogP contribution in [0.15, 0.2) is 30.3 Å². The average molecular weight is 270 g/mol. The van der Waals surface area contributed by atoms with Gasteiger partial charge in [-0.15, -0.1) is 0 Å². The number of hydrogen-bond acceptors (Lipinski definition) is 2. The molecule has 0 N–H and O–H groups in total. The van der Waals surface area contributed by atoms with Gasteiger partial charge in [0.05, 0.1) is 0 Å². The van der Waals surface area contributed by atoms with Crippen LogP contribution < -0.4 is 0 Å². The Bertz CT molecular complexity index is 552. The van der Waals surface area contributed by atoms with Crippen molar-refractivity contribution in [2.24, 2.45) is 0 Å². The van der Waals surface area contributed by atoms with E-state index in [-0.39, 0.29) is 11.2 Å². The number of ether oxygens (including phenoxy) is 1. The van der Waals surface area contributed by atoms with Crippen LogP contribution in [0.2, 0.25) is 0 Å². The van der Waals surface area contributed by atoms with E-state index in [1.165, 1.54) is 5.56 Å². The monoisotopic (exact) mass is 270 g/mol. The van der Waals surface area contributed by atoms with E-state index in [4.69, 9.17) is 4.74 Å². The second-order valence-electron chi connectivity index (χ2n) is 7.00. The molecule has 3 rings (SSSR count).